The van der Waals surface area contributed by atoms with Crippen molar-refractivity contribution in [2.75, 3.05) is 6.61 Å². The Morgan fingerprint density at radius 3 is 2.86 bits per heavy atom. The maximum absolute atomic E-state index is 5.97. The summed E-state index contributed by atoms with van der Waals surface area (Å²) in [6.45, 7) is 0.855. The average Bonchev–Trinajstić information content (AvgIpc) is 3.12. The molecule has 4 heteroatoms. The van der Waals surface area contributed by atoms with Gasteiger partial charge in [0.2, 0.25) is 0 Å². The Morgan fingerprint density at radius 1 is 1.19 bits per heavy atom. The summed E-state index contributed by atoms with van der Waals surface area (Å²) in [6.07, 6.45) is 13.7. The van der Waals surface area contributed by atoms with Crippen molar-refractivity contribution < 1.29 is 4.74 Å². The molecule has 1 N–H and O–H groups in total. The number of imidazole rings is 1. The molecule has 116 valence electrons. The van der Waals surface area contributed by atoms with Gasteiger partial charge in [-0.1, -0.05) is 12.8 Å². The van der Waals surface area contributed by atoms with Crippen LogP contribution in [-0.2, 0) is 11.8 Å². The van der Waals surface area contributed by atoms with Crippen molar-refractivity contribution in [2.45, 2.75) is 63.1 Å². The smallest absolute Gasteiger partial charge is 0.139 e. The molecule has 2 saturated carbocycles. The first-order chi connectivity index (χ1) is 10.3. The van der Waals surface area contributed by atoms with Crippen LogP contribution in [0, 0.1) is 11.8 Å². The second-order valence-electron chi connectivity index (χ2n) is 7.21. The van der Waals surface area contributed by atoms with Gasteiger partial charge >= 0.3 is 0 Å². The van der Waals surface area contributed by atoms with E-state index < -0.39 is 0 Å². The number of nitrogens with one attached hydrogen (secondary N) is 1. The zero-order valence-corrected chi connectivity index (χ0v) is 13.0. The summed E-state index contributed by atoms with van der Waals surface area (Å²) in [4.78, 5) is 4.49. The summed E-state index contributed by atoms with van der Waals surface area (Å²) in [5, 5.41) is 3.92. The lowest BCUT2D eigenvalue weighted by atomic mass is 9.82. The van der Waals surface area contributed by atoms with Crippen LogP contribution in [0.25, 0.3) is 0 Å². The molecule has 0 amide bonds. The normalized spacial score (nSPS) is 37.0. The number of ether oxygens (including phenoxy) is 1. The van der Waals surface area contributed by atoms with Gasteiger partial charge in [-0.05, 0) is 43.9 Å². The molecule has 4 atom stereocenters. The lowest BCUT2D eigenvalue weighted by Crippen LogP contribution is -2.43. The Morgan fingerprint density at radius 2 is 2.10 bits per heavy atom. The van der Waals surface area contributed by atoms with E-state index in [-0.39, 0.29) is 6.10 Å². The molecule has 2 heterocycles. The summed E-state index contributed by atoms with van der Waals surface area (Å²) >= 11 is 0. The molecule has 3 aliphatic rings. The minimum atomic E-state index is 0.131. The van der Waals surface area contributed by atoms with Crippen LogP contribution < -0.4 is 5.32 Å². The standard InChI is InChI=1S/C17H27N3O/c1-20-9-8-18-17(20)16-15(7-10-21-16)19-14-4-2-3-13(11-14)12-5-6-12/h8-9,12-16,19H,2-7,10-11H2,1H3/t13-,14+,15+,16+/m1/s1. The van der Waals surface area contributed by atoms with Crippen molar-refractivity contribution in [3.05, 3.63) is 18.2 Å². The number of rotatable bonds is 4. The van der Waals surface area contributed by atoms with Gasteiger partial charge in [0.1, 0.15) is 11.9 Å². The monoisotopic (exact) mass is 289 g/mol. The molecule has 21 heavy (non-hydrogen) atoms. The first kappa shape index (κ1) is 13.8. The van der Waals surface area contributed by atoms with Gasteiger partial charge < -0.3 is 14.6 Å². The highest BCUT2D eigenvalue weighted by Gasteiger charge is 2.38. The van der Waals surface area contributed by atoms with Gasteiger partial charge in [0.15, 0.2) is 0 Å². The molecule has 0 radical (unpaired) electrons. The van der Waals surface area contributed by atoms with E-state index in [9.17, 15) is 0 Å². The van der Waals surface area contributed by atoms with E-state index in [1.165, 1.54) is 38.5 Å². The van der Waals surface area contributed by atoms with Crippen molar-refractivity contribution in [1.82, 2.24) is 14.9 Å². The van der Waals surface area contributed by atoms with Crippen LogP contribution >= 0.6 is 0 Å². The molecule has 0 unspecified atom stereocenters. The lowest BCUT2D eigenvalue weighted by Gasteiger charge is -2.33. The van der Waals surface area contributed by atoms with Crippen molar-refractivity contribution in [1.29, 1.82) is 0 Å². The quantitative estimate of drug-likeness (QED) is 0.926. The van der Waals surface area contributed by atoms with Crippen molar-refractivity contribution in [2.24, 2.45) is 18.9 Å². The second kappa shape index (κ2) is 5.73. The molecule has 1 aromatic rings. The van der Waals surface area contributed by atoms with Crippen LogP contribution in [0.5, 0.6) is 0 Å². The highest BCUT2D eigenvalue weighted by molar-refractivity contribution is 5.03. The SMILES string of the molecule is Cn1ccnc1[C@H]1OCC[C@@H]1N[C@H]1CCC[C@@H](C2CC2)C1. The predicted octanol–water partition coefficient (Wildman–Crippen LogP) is 2.81. The number of aryl methyl sites for hydroxylation is 1. The van der Waals surface area contributed by atoms with E-state index in [4.69, 9.17) is 4.74 Å². The van der Waals surface area contributed by atoms with Crippen LogP contribution in [0.1, 0.15) is 56.9 Å². The summed E-state index contributed by atoms with van der Waals surface area (Å²) in [7, 11) is 2.06. The number of nitrogens with zero attached hydrogens (tertiary/aromatic N) is 2. The van der Waals surface area contributed by atoms with Crippen molar-refractivity contribution >= 4 is 0 Å². The van der Waals surface area contributed by atoms with Gasteiger partial charge in [-0.3, -0.25) is 0 Å². The fourth-order valence-corrected chi connectivity index (χ4v) is 4.34. The van der Waals surface area contributed by atoms with Crippen LogP contribution in [0.4, 0.5) is 0 Å². The topological polar surface area (TPSA) is 39.1 Å². The first-order valence-corrected chi connectivity index (χ1v) is 8.66. The fraction of sp³-hybridized carbons (Fsp3) is 0.824. The fourth-order valence-electron chi connectivity index (χ4n) is 4.34. The molecule has 1 saturated heterocycles. The molecule has 0 bridgehead atoms. The minimum absolute atomic E-state index is 0.131. The Balaban J connectivity index is 1.40. The zero-order chi connectivity index (χ0) is 14.2. The van der Waals surface area contributed by atoms with E-state index in [0.717, 1.165) is 30.7 Å². The maximum atomic E-state index is 5.97. The third-order valence-electron chi connectivity index (χ3n) is 5.66. The molecule has 1 aromatic heterocycles. The second-order valence-corrected chi connectivity index (χ2v) is 7.21. The summed E-state index contributed by atoms with van der Waals surface area (Å²) < 4.78 is 8.07. The third-order valence-corrected chi connectivity index (χ3v) is 5.66. The lowest BCUT2D eigenvalue weighted by molar-refractivity contribution is 0.0842. The van der Waals surface area contributed by atoms with E-state index in [2.05, 4.69) is 21.9 Å². The van der Waals surface area contributed by atoms with E-state index in [1.807, 2.05) is 12.4 Å². The summed E-state index contributed by atoms with van der Waals surface area (Å²) in [6, 6.07) is 1.13. The Bertz CT molecular complexity index is 482. The summed E-state index contributed by atoms with van der Waals surface area (Å²) in [5.41, 5.74) is 0. The molecular formula is C17H27N3O. The van der Waals surface area contributed by atoms with Gasteiger partial charge in [0.25, 0.3) is 0 Å². The largest absolute Gasteiger partial charge is 0.369 e. The Kier molecular flexibility index (Phi) is 3.76. The van der Waals surface area contributed by atoms with Gasteiger partial charge in [-0.15, -0.1) is 0 Å². The highest BCUT2D eigenvalue weighted by atomic mass is 16.5. The van der Waals surface area contributed by atoms with E-state index >= 15 is 0 Å². The minimum Gasteiger partial charge on any atom is -0.369 e. The molecule has 4 nitrogen and oxygen atoms in total. The highest BCUT2D eigenvalue weighted by Crippen LogP contribution is 2.44. The summed E-state index contributed by atoms with van der Waals surface area (Å²) in [5.74, 6) is 3.12. The molecule has 2 aliphatic carbocycles. The van der Waals surface area contributed by atoms with E-state index in [1.54, 1.807) is 0 Å². The third kappa shape index (κ3) is 2.88. The van der Waals surface area contributed by atoms with Gasteiger partial charge in [-0.25, -0.2) is 4.98 Å². The zero-order valence-electron chi connectivity index (χ0n) is 13.0. The molecule has 4 rings (SSSR count). The molecule has 0 spiro atoms. The average molecular weight is 289 g/mol. The van der Waals surface area contributed by atoms with Crippen molar-refractivity contribution in [3.63, 3.8) is 0 Å². The van der Waals surface area contributed by atoms with E-state index in [0.29, 0.717) is 12.1 Å². The molecule has 0 aromatic carbocycles. The number of aromatic nitrogens is 2. The van der Waals surface area contributed by atoms with Crippen LogP contribution in [0.3, 0.4) is 0 Å². The Hall–Kier alpha value is -0.870. The van der Waals surface area contributed by atoms with Crippen LogP contribution in [0.15, 0.2) is 12.4 Å². The molecular weight excluding hydrogens is 262 g/mol. The predicted molar refractivity (Wildman–Crippen MR) is 81.9 cm³/mol. The van der Waals surface area contributed by atoms with Crippen molar-refractivity contribution in [3.8, 4) is 0 Å². The molecule has 3 fully saturated rings. The van der Waals surface area contributed by atoms with Crippen LogP contribution in [0.2, 0.25) is 0 Å². The first-order valence-electron chi connectivity index (χ1n) is 8.66. The van der Waals surface area contributed by atoms with Crippen LogP contribution in [-0.4, -0.2) is 28.2 Å². The number of hydrogen-bond donors (Lipinski definition) is 1. The Labute approximate surface area is 127 Å². The van der Waals surface area contributed by atoms with Gasteiger partial charge in [0, 0.05) is 38.1 Å². The number of hydrogen-bond acceptors (Lipinski definition) is 3. The van der Waals surface area contributed by atoms with Gasteiger partial charge in [0.05, 0.1) is 0 Å². The molecule has 1 aliphatic heterocycles. The van der Waals surface area contributed by atoms with Gasteiger partial charge in [-0.2, -0.15) is 0 Å². The maximum Gasteiger partial charge on any atom is 0.139 e.